The third kappa shape index (κ3) is 4.27. The number of hydrogen-bond acceptors (Lipinski definition) is 5. The van der Waals surface area contributed by atoms with E-state index in [-0.39, 0.29) is 17.2 Å². The number of H-pyrrole nitrogens is 1. The van der Waals surface area contributed by atoms with Gasteiger partial charge in [0.1, 0.15) is 5.82 Å². The monoisotopic (exact) mass is 452 g/mol. The fourth-order valence-electron chi connectivity index (χ4n) is 3.45. The number of hydrogen-bond donors (Lipinski definition) is 2. The van der Waals surface area contributed by atoms with Crippen molar-refractivity contribution in [3.63, 3.8) is 0 Å². The Morgan fingerprint density at radius 3 is 2.69 bits per heavy atom. The van der Waals surface area contributed by atoms with Crippen molar-refractivity contribution < 1.29 is 13.2 Å². The van der Waals surface area contributed by atoms with Crippen LogP contribution in [-0.2, 0) is 28.3 Å². The molecule has 1 amide bonds. The van der Waals surface area contributed by atoms with E-state index >= 15 is 0 Å². The Balaban J connectivity index is 1.46. The summed E-state index contributed by atoms with van der Waals surface area (Å²) in [5.41, 5.74) is 3.89. The van der Waals surface area contributed by atoms with Crippen molar-refractivity contribution in [2.24, 2.45) is 7.05 Å². The normalized spacial score (nSPS) is 11.9. The molecule has 0 bridgehead atoms. The van der Waals surface area contributed by atoms with Gasteiger partial charge in [0.15, 0.2) is 0 Å². The summed E-state index contributed by atoms with van der Waals surface area (Å²) in [5.74, 6) is 0.579. The summed E-state index contributed by atoms with van der Waals surface area (Å²) in [6.07, 6.45) is 2.34. The van der Waals surface area contributed by atoms with Gasteiger partial charge in [0.25, 0.3) is 0 Å². The lowest BCUT2D eigenvalue weighted by molar-refractivity contribution is -0.116. The maximum absolute atomic E-state index is 12.5. The molecule has 0 fully saturated rings. The summed E-state index contributed by atoms with van der Waals surface area (Å²) in [6, 6.07) is 14.3. The Hall–Kier alpha value is -3.50. The van der Waals surface area contributed by atoms with E-state index in [2.05, 4.69) is 20.5 Å². The van der Waals surface area contributed by atoms with E-state index in [0.29, 0.717) is 23.4 Å². The summed E-state index contributed by atoms with van der Waals surface area (Å²) in [6.45, 7) is 0. The SMILES string of the molecule is CN(C)S(=O)(=O)c1ccc2c(c1)nc(CCC(=O)Nc1cccc(-c3ccn[nH]3)c1)n2C. The van der Waals surface area contributed by atoms with Crippen molar-refractivity contribution in [1.82, 2.24) is 24.1 Å². The van der Waals surface area contributed by atoms with Crippen LogP contribution < -0.4 is 5.32 Å². The molecule has 4 rings (SSSR count). The van der Waals surface area contributed by atoms with Crippen LogP contribution in [0, 0.1) is 0 Å². The molecule has 0 spiro atoms. The largest absolute Gasteiger partial charge is 0.331 e. The van der Waals surface area contributed by atoms with Crippen molar-refractivity contribution in [2.45, 2.75) is 17.7 Å². The lowest BCUT2D eigenvalue weighted by Gasteiger charge is -2.10. The molecule has 0 unspecified atom stereocenters. The van der Waals surface area contributed by atoms with E-state index < -0.39 is 10.0 Å². The van der Waals surface area contributed by atoms with Crippen LogP contribution in [-0.4, -0.2) is 52.5 Å². The second-order valence-electron chi connectivity index (χ2n) is 7.62. The number of sulfonamides is 1. The molecule has 9 nitrogen and oxygen atoms in total. The van der Waals surface area contributed by atoms with Crippen LogP contribution in [0.2, 0.25) is 0 Å². The molecule has 10 heteroatoms. The van der Waals surface area contributed by atoms with Crippen molar-refractivity contribution in [1.29, 1.82) is 0 Å². The van der Waals surface area contributed by atoms with E-state index in [4.69, 9.17) is 0 Å². The first-order valence-corrected chi connectivity index (χ1v) is 11.5. The van der Waals surface area contributed by atoms with Gasteiger partial charge in [0, 0.05) is 51.4 Å². The molecule has 0 radical (unpaired) electrons. The highest BCUT2D eigenvalue weighted by Gasteiger charge is 2.19. The molecule has 32 heavy (non-hydrogen) atoms. The number of aromatic nitrogens is 4. The zero-order chi connectivity index (χ0) is 22.9. The minimum absolute atomic E-state index is 0.130. The molecule has 0 saturated carbocycles. The smallest absolute Gasteiger partial charge is 0.242 e. The third-order valence-electron chi connectivity index (χ3n) is 5.26. The van der Waals surface area contributed by atoms with Crippen molar-refractivity contribution >= 4 is 32.7 Å². The van der Waals surface area contributed by atoms with Gasteiger partial charge < -0.3 is 9.88 Å². The third-order valence-corrected chi connectivity index (χ3v) is 7.07. The molecule has 0 aliphatic carbocycles. The van der Waals surface area contributed by atoms with Crippen molar-refractivity contribution in [3.8, 4) is 11.3 Å². The van der Waals surface area contributed by atoms with Gasteiger partial charge in [-0.3, -0.25) is 9.89 Å². The minimum atomic E-state index is -3.54. The molecule has 2 N–H and O–H groups in total. The Kier molecular flexibility index (Phi) is 5.81. The van der Waals surface area contributed by atoms with E-state index in [9.17, 15) is 13.2 Å². The molecule has 2 heterocycles. The highest BCUT2D eigenvalue weighted by Crippen LogP contribution is 2.23. The van der Waals surface area contributed by atoms with Crippen molar-refractivity contribution in [3.05, 3.63) is 60.6 Å². The molecule has 0 atom stereocenters. The number of carbonyl (C=O) groups is 1. The molecule has 2 aromatic heterocycles. The number of benzene rings is 2. The average Bonchev–Trinajstić information content (AvgIpc) is 3.41. The zero-order valence-electron chi connectivity index (χ0n) is 18.0. The fourth-order valence-corrected chi connectivity index (χ4v) is 4.38. The number of nitrogens with zero attached hydrogens (tertiary/aromatic N) is 4. The van der Waals surface area contributed by atoms with E-state index in [0.717, 1.165) is 16.8 Å². The summed E-state index contributed by atoms with van der Waals surface area (Å²) >= 11 is 0. The van der Waals surface area contributed by atoms with Crippen LogP contribution in [0.15, 0.2) is 59.6 Å². The van der Waals surface area contributed by atoms with Gasteiger partial charge in [-0.15, -0.1) is 0 Å². The van der Waals surface area contributed by atoms with Crippen LogP contribution >= 0.6 is 0 Å². The number of fused-ring (bicyclic) bond motifs is 1. The van der Waals surface area contributed by atoms with Crippen molar-refractivity contribution in [2.75, 3.05) is 19.4 Å². The van der Waals surface area contributed by atoms with E-state index in [1.807, 2.05) is 41.9 Å². The second kappa shape index (κ2) is 8.56. The first-order chi connectivity index (χ1) is 15.3. The Morgan fingerprint density at radius 1 is 1.16 bits per heavy atom. The summed E-state index contributed by atoms with van der Waals surface area (Å²) in [7, 11) is 1.30. The first kappa shape index (κ1) is 21.7. The number of aryl methyl sites for hydroxylation is 2. The maximum Gasteiger partial charge on any atom is 0.242 e. The van der Waals surface area contributed by atoms with Gasteiger partial charge in [-0.1, -0.05) is 12.1 Å². The van der Waals surface area contributed by atoms with Gasteiger partial charge in [0.05, 0.1) is 21.6 Å². The molecule has 0 saturated heterocycles. The van der Waals surface area contributed by atoms with Crippen LogP contribution in [0.4, 0.5) is 5.69 Å². The molecular weight excluding hydrogens is 428 g/mol. The van der Waals surface area contributed by atoms with Gasteiger partial charge >= 0.3 is 0 Å². The molecular formula is C22H24N6O3S. The minimum Gasteiger partial charge on any atom is -0.331 e. The topological polar surface area (TPSA) is 113 Å². The van der Waals surface area contributed by atoms with Crippen LogP contribution in [0.3, 0.4) is 0 Å². The second-order valence-corrected chi connectivity index (χ2v) is 9.78. The number of imidazole rings is 1. The summed E-state index contributed by atoms with van der Waals surface area (Å²) < 4.78 is 27.8. The Labute approximate surface area is 186 Å². The Morgan fingerprint density at radius 2 is 1.97 bits per heavy atom. The number of anilines is 1. The van der Waals surface area contributed by atoms with E-state index in [1.54, 1.807) is 24.4 Å². The molecule has 166 valence electrons. The summed E-state index contributed by atoms with van der Waals surface area (Å²) in [4.78, 5) is 17.3. The highest BCUT2D eigenvalue weighted by atomic mass is 32.2. The number of rotatable bonds is 7. The first-order valence-electron chi connectivity index (χ1n) is 10.0. The van der Waals surface area contributed by atoms with E-state index in [1.165, 1.54) is 18.4 Å². The Bertz CT molecular complexity index is 1370. The molecule has 0 aliphatic rings. The zero-order valence-corrected chi connectivity index (χ0v) is 18.8. The van der Waals surface area contributed by atoms with Gasteiger partial charge in [-0.2, -0.15) is 5.10 Å². The van der Waals surface area contributed by atoms with Crippen LogP contribution in [0.1, 0.15) is 12.2 Å². The predicted molar refractivity (Wildman–Crippen MR) is 123 cm³/mol. The average molecular weight is 453 g/mol. The van der Waals surface area contributed by atoms with Gasteiger partial charge in [-0.05, 0) is 36.4 Å². The standard InChI is InChI=1S/C22H24N6O3S/c1-27(2)32(30,31)17-7-8-20-19(14-17)25-21(28(20)3)9-10-22(29)24-16-6-4-5-15(13-16)18-11-12-23-26-18/h4-8,11-14H,9-10H2,1-3H3,(H,23,26)(H,24,29). The number of aromatic amines is 1. The number of carbonyl (C=O) groups excluding carboxylic acids is 1. The quantitative estimate of drug-likeness (QED) is 0.448. The lowest BCUT2D eigenvalue weighted by Crippen LogP contribution is -2.22. The lowest BCUT2D eigenvalue weighted by atomic mass is 10.1. The highest BCUT2D eigenvalue weighted by molar-refractivity contribution is 7.89. The van der Waals surface area contributed by atoms with Crippen LogP contribution in [0.5, 0.6) is 0 Å². The fraction of sp³-hybridized carbons (Fsp3) is 0.227. The van der Waals surface area contributed by atoms with Crippen LogP contribution in [0.25, 0.3) is 22.3 Å². The predicted octanol–water partition coefficient (Wildman–Crippen LogP) is 2.79. The van der Waals surface area contributed by atoms with Gasteiger partial charge in [-0.25, -0.2) is 17.7 Å². The molecule has 2 aromatic carbocycles. The molecule has 0 aliphatic heterocycles. The number of nitrogens with one attached hydrogen (secondary N) is 2. The van der Waals surface area contributed by atoms with Gasteiger partial charge in [0.2, 0.25) is 15.9 Å². The summed E-state index contributed by atoms with van der Waals surface area (Å²) in [5, 5.41) is 9.77. The maximum atomic E-state index is 12.5. The molecule has 4 aromatic rings. The number of amides is 1.